The van der Waals surface area contributed by atoms with Crippen molar-refractivity contribution in [3.8, 4) is 11.3 Å². The molecule has 1 fully saturated rings. The van der Waals surface area contributed by atoms with E-state index in [1.807, 2.05) is 12.1 Å². The number of fused-ring (bicyclic) bond motifs is 5. The molecule has 0 radical (unpaired) electrons. The van der Waals surface area contributed by atoms with Gasteiger partial charge in [-0.05, 0) is 12.5 Å². The third kappa shape index (κ3) is 2.84. The maximum absolute atomic E-state index is 13.4. The quantitative estimate of drug-likeness (QED) is 0.413. The predicted molar refractivity (Wildman–Crippen MR) is 111 cm³/mol. The minimum atomic E-state index is -0.533. The van der Waals surface area contributed by atoms with Crippen LogP contribution in [-0.4, -0.2) is 41.1 Å². The van der Waals surface area contributed by atoms with Gasteiger partial charge in [-0.15, -0.1) is 0 Å². The first-order valence-electron chi connectivity index (χ1n) is 9.87. The Morgan fingerprint density at radius 1 is 1.13 bits per heavy atom. The summed E-state index contributed by atoms with van der Waals surface area (Å²) in [6.45, 7) is 2.47. The smallest absolute Gasteiger partial charge is 0.270 e. The van der Waals surface area contributed by atoms with Gasteiger partial charge in [-0.3, -0.25) is 19.7 Å². The van der Waals surface area contributed by atoms with Crippen molar-refractivity contribution in [2.75, 3.05) is 19.7 Å². The number of pyridine rings is 1. The summed E-state index contributed by atoms with van der Waals surface area (Å²) in [5.74, 6) is -0.163. The first kappa shape index (κ1) is 18.7. The van der Waals surface area contributed by atoms with Gasteiger partial charge in [0.2, 0.25) is 0 Å². The monoisotopic (exact) mass is 405 g/mol. The molecule has 1 aliphatic carbocycles. The molecule has 2 aromatic carbocycles. The molecule has 2 aliphatic rings. The molecule has 2 heterocycles. The Morgan fingerprint density at radius 3 is 2.67 bits per heavy atom. The topological polar surface area (TPSA) is 103 Å². The summed E-state index contributed by atoms with van der Waals surface area (Å²) in [4.78, 5) is 37.4. The van der Waals surface area contributed by atoms with E-state index < -0.39 is 4.92 Å². The third-order valence-electron chi connectivity index (χ3n) is 5.80. The molecule has 152 valence electrons. The number of nitrogens with zero attached hydrogens (tertiary/aromatic N) is 2. The maximum Gasteiger partial charge on any atom is 0.270 e. The molecule has 8 nitrogen and oxygen atoms in total. The number of hydrogen-bond donors (Lipinski definition) is 1. The van der Waals surface area contributed by atoms with Crippen molar-refractivity contribution in [1.29, 1.82) is 0 Å². The Labute approximate surface area is 171 Å². The third-order valence-corrected chi connectivity index (χ3v) is 5.80. The van der Waals surface area contributed by atoms with Crippen molar-refractivity contribution in [2.45, 2.75) is 19.1 Å². The number of nitrogens with one attached hydrogen (secondary N) is 1. The SMILES string of the molecule is O=C1c2ccccc2-c2c1c1ccc([N+](=O)[O-])cc1c(=O)n2CCC1CNCCO1. The van der Waals surface area contributed by atoms with Crippen molar-refractivity contribution < 1.29 is 14.5 Å². The first-order chi connectivity index (χ1) is 14.6. The van der Waals surface area contributed by atoms with Crippen molar-refractivity contribution >= 4 is 22.2 Å². The number of ether oxygens (including phenoxy) is 1. The zero-order valence-corrected chi connectivity index (χ0v) is 16.1. The fraction of sp³-hybridized carbons (Fsp3) is 0.273. The average molecular weight is 405 g/mol. The van der Waals surface area contributed by atoms with E-state index in [1.165, 1.54) is 18.2 Å². The number of nitro groups is 1. The summed E-state index contributed by atoms with van der Waals surface area (Å²) < 4.78 is 7.34. The highest BCUT2D eigenvalue weighted by Gasteiger charge is 2.33. The van der Waals surface area contributed by atoms with E-state index in [1.54, 1.807) is 16.7 Å². The molecule has 3 aromatic rings. The lowest BCUT2D eigenvalue weighted by molar-refractivity contribution is -0.384. The lowest BCUT2D eigenvalue weighted by Crippen LogP contribution is -2.39. The van der Waals surface area contributed by atoms with Crippen LogP contribution in [0, 0.1) is 10.1 Å². The molecule has 1 unspecified atom stereocenters. The summed E-state index contributed by atoms with van der Waals surface area (Å²) in [6.07, 6.45) is 0.560. The van der Waals surface area contributed by atoms with E-state index in [0.717, 1.165) is 12.1 Å². The highest BCUT2D eigenvalue weighted by Crippen LogP contribution is 2.39. The normalized spacial score (nSPS) is 17.7. The molecule has 1 N–H and O–H groups in total. The number of carbonyl (C=O) groups excluding carboxylic acids is 1. The molecule has 0 spiro atoms. The second-order valence-corrected chi connectivity index (χ2v) is 7.53. The van der Waals surface area contributed by atoms with Crippen LogP contribution in [0.15, 0.2) is 47.3 Å². The van der Waals surface area contributed by atoms with E-state index in [4.69, 9.17) is 4.74 Å². The van der Waals surface area contributed by atoms with Crippen LogP contribution in [0.4, 0.5) is 5.69 Å². The number of aromatic nitrogens is 1. The van der Waals surface area contributed by atoms with E-state index in [0.29, 0.717) is 48.3 Å². The number of nitro benzene ring substituents is 1. The Morgan fingerprint density at radius 2 is 1.93 bits per heavy atom. The highest BCUT2D eigenvalue weighted by molar-refractivity contribution is 6.26. The van der Waals surface area contributed by atoms with Gasteiger partial charge in [0.1, 0.15) is 0 Å². The van der Waals surface area contributed by atoms with E-state index in [-0.39, 0.29) is 28.5 Å². The van der Waals surface area contributed by atoms with Crippen LogP contribution in [0.1, 0.15) is 22.3 Å². The fourth-order valence-electron chi connectivity index (χ4n) is 4.37. The van der Waals surface area contributed by atoms with Crippen LogP contribution in [0.2, 0.25) is 0 Å². The Bertz CT molecular complexity index is 1260. The summed E-state index contributed by atoms with van der Waals surface area (Å²) in [5, 5.41) is 15.2. The number of ketones is 1. The number of benzene rings is 2. The van der Waals surface area contributed by atoms with Crippen molar-refractivity contribution in [3.63, 3.8) is 0 Å². The van der Waals surface area contributed by atoms with Crippen LogP contribution in [0.3, 0.4) is 0 Å². The van der Waals surface area contributed by atoms with Crippen molar-refractivity contribution in [3.05, 3.63) is 74.1 Å². The zero-order valence-electron chi connectivity index (χ0n) is 16.1. The lowest BCUT2D eigenvalue weighted by Gasteiger charge is -2.24. The van der Waals surface area contributed by atoms with Crippen molar-refractivity contribution in [1.82, 2.24) is 9.88 Å². The lowest BCUT2D eigenvalue weighted by atomic mass is 10.0. The Hall–Kier alpha value is -3.36. The van der Waals surface area contributed by atoms with Crippen LogP contribution in [-0.2, 0) is 11.3 Å². The van der Waals surface area contributed by atoms with E-state index in [9.17, 15) is 19.7 Å². The Kier molecular flexibility index (Phi) is 4.45. The van der Waals surface area contributed by atoms with Gasteiger partial charge in [-0.1, -0.05) is 24.3 Å². The van der Waals surface area contributed by atoms with Gasteiger partial charge in [0, 0.05) is 48.3 Å². The minimum absolute atomic E-state index is 0.0329. The molecule has 1 atom stereocenters. The number of hydrogen-bond acceptors (Lipinski definition) is 6. The minimum Gasteiger partial charge on any atom is -0.376 e. The average Bonchev–Trinajstić information content (AvgIpc) is 3.07. The van der Waals surface area contributed by atoms with Crippen molar-refractivity contribution in [2.24, 2.45) is 0 Å². The highest BCUT2D eigenvalue weighted by atomic mass is 16.6. The number of carbonyl (C=O) groups is 1. The molecular formula is C22H19N3O5. The van der Waals surface area contributed by atoms with E-state index in [2.05, 4.69) is 5.32 Å². The van der Waals surface area contributed by atoms with Crippen LogP contribution < -0.4 is 10.9 Å². The molecule has 0 saturated carbocycles. The molecule has 5 rings (SSSR count). The number of rotatable bonds is 4. The molecule has 1 aromatic heterocycles. The first-order valence-corrected chi connectivity index (χ1v) is 9.87. The molecule has 1 saturated heterocycles. The predicted octanol–water partition coefficient (Wildman–Crippen LogP) is 2.50. The zero-order chi connectivity index (χ0) is 20.8. The molecule has 8 heteroatoms. The summed E-state index contributed by atoms with van der Waals surface area (Å²) in [5.41, 5.74) is 1.78. The second kappa shape index (κ2) is 7.16. The van der Waals surface area contributed by atoms with Crippen LogP contribution >= 0.6 is 0 Å². The molecular weight excluding hydrogens is 386 g/mol. The molecule has 1 aliphatic heterocycles. The molecule has 0 bridgehead atoms. The van der Waals surface area contributed by atoms with Gasteiger partial charge in [0.15, 0.2) is 5.78 Å². The number of non-ortho nitro benzene ring substituents is 1. The van der Waals surface area contributed by atoms with E-state index >= 15 is 0 Å². The summed E-state index contributed by atoms with van der Waals surface area (Å²) in [7, 11) is 0. The van der Waals surface area contributed by atoms with Gasteiger partial charge in [0.25, 0.3) is 11.2 Å². The largest absolute Gasteiger partial charge is 0.376 e. The van der Waals surface area contributed by atoms with Gasteiger partial charge >= 0.3 is 0 Å². The summed E-state index contributed by atoms with van der Waals surface area (Å²) in [6, 6.07) is 11.3. The van der Waals surface area contributed by atoms with Gasteiger partial charge in [-0.25, -0.2) is 0 Å². The second-order valence-electron chi connectivity index (χ2n) is 7.53. The van der Waals surface area contributed by atoms with Gasteiger partial charge < -0.3 is 14.6 Å². The van der Waals surface area contributed by atoms with Gasteiger partial charge in [-0.2, -0.15) is 0 Å². The maximum atomic E-state index is 13.4. The molecule has 0 amide bonds. The molecule has 30 heavy (non-hydrogen) atoms. The summed E-state index contributed by atoms with van der Waals surface area (Å²) >= 11 is 0. The van der Waals surface area contributed by atoms with Gasteiger partial charge in [0.05, 0.1) is 34.3 Å². The standard InChI is InChI=1S/C22H19N3O5/c26-21-17-4-2-1-3-16(17)20-19(21)15-6-5-13(25(28)29)11-18(15)22(27)24(20)9-7-14-12-23-8-10-30-14/h1-6,11,14,23H,7-10,12H2. The van der Waals surface area contributed by atoms with Crippen LogP contribution in [0.25, 0.3) is 22.0 Å². The number of morpholine rings is 1. The van der Waals surface area contributed by atoms with Crippen LogP contribution in [0.5, 0.6) is 0 Å². The Balaban J connectivity index is 1.73. The fourth-order valence-corrected chi connectivity index (χ4v) is 4.37.